The second kappa shape index (κ2) is 26.7. The van der Waals surface area contributed by atoms with Crippen molar-refractivity contribution in [1.82, 2.24) is 0 Å². The van der Waals surface area contributed by atoms with E-state index in [1.165, 1.54) is 63.4 Å². The summed E-state index contributed by atoms with van der Waals surface area (Å²) < 4.78 is 75.4. The Morgan fingerprint density at radius 2 is 0.968 bits per heavy atom. The molecule has 14 aliphatic carbocycles. The van der Waals surface area contributed by atoms with Crippen molar-refractivity contribution < 1.29 is 95.1 Å². The molecule has 0 aromatic carbocycles. The highest BCUT2D eigenvalue weighted by atomic mass is 16.6. The van der Waals surface area contributed by atoms with Crippen LogP contribution in [0.25, 0.3) is 0 Å². The Labute approximate surface area is 556 Å². The van der Waals surface area contributed by atoms with E-state index in [1.54, 1.807) is 18.8 Å². The van der Waals surface area contributed by atoms with E-state index in [4.69, 9.17) is 66.8 Å². The zero-order valence-corrected chi connectivity index (χ0v) is 54.4. The molecule has 23 unspecified atom stereocenters. The summed E-state index contributed by atoms with van der Waals surface area (Å²) in [5, 5.41) is 9.07. The molecule has 18 bridgehead atoms. The molecule has 0 aromatic heterocycles. The Hall–Kier alpha value is -7.21. The third kappa shape index (κ3) is 12.3. The molecule has 0 amide bonds. The lowest BCUT2D eigenvalue weighted by Crippen LogP contribution is -2.60. The van der Waals surface area contributed by atoms with Gasteiger partial charge in [-0.2, -0.15) is 5.26 Å². The summed E-state index contributed by atoms with van der Waals surface area (Å²) in [7, 11) is 0. The number of ether oxygens (including phenoxy) is 14. The van der Waals surface area contributed by atoms with Crippen molar-refractivity contribution in [2.24, 2.45) is 88.8 Å². The summed E-state index contributed by atoms with van der Waals surface area (Å²) in [5.74, 6) is 4.45. The average Bonchev–Trinajstić information content (AvgIpc) is 1.66. The smallest absolute Gasteiger partial charge is 0.347 e. The quantitative estimate of drug-likeness (QED) is 0.0790. The fraction of sp³-hybridized carbons (Fsp3) is 0.689. The number of hydrogen-bond donors (Lipinski definition) is 0. The van der Waals surface area contributed by atoms with Gasteiger partial charge in [0.25, 0.3) is 0 Å². The number of ketones is 1. The first-order valence-electron chi connectivity index (χ1n) is 34.6. The van der Waals surface area contributed by atoms with Gasteiger partial charge in [-0.05, 0) is 133 Å². The molecular weight excluding hydrogens is 1220 g/mol. The number of fused-ring (bicyclic) bond motifs is 4. The van der Waals surface area contributed by atoms with E-state index in [9.17, 15) is 28.8 Å². The van der Waals surface area contributed by atoms with Crippen molar-refractivity contribution in [3.8, 4) is 6.07 Å². The van der Waals surface area contributed by atoms with Crippen LogP contribution in [0.3, 0.4) is 0 Å². The van der Waals surface area contributed by atoms with Crippen LogP contribution in [0.4, 0.5) is 0 Å². The molecule has 8 saturated heterocycles. The highest BCUT2D eigenvalue weighted by Gasteiger charge is 2.69. The van der Waals surface area contributed by atoms with Crippen molar-refractivity contribution in [3.63, 3.8) is 0 Å². The molecule has 0 aromatic rings. The molecule has 0 radical (unpaired) electrons. The molecule has 95 heavy (non-hydrogen) atoms. The van der Waals surface area contributed by atoms with Gasteiger partial charge >= 0.3 is 29.8 Å². The second-order valence-corrected chi connectivity index (χ2v) is 30.3. The van der Waals surface area contributed by atoms with Gasteiger partial charge in [-0.25, -0.2) is 4.79 Å². The molecule has 8 aliphatic heterocycles. The van der Waals surface area contributed by atoms with E-state index in [2.05, 4.69) is 63.4 Å². The molecule has 21 nitrogen and oxygen atoms in total. The molecule has 14 saturated carbocycles. The molecule has 22 rings (SSSR count). The number of nitrogens with zero attached hydrogens (tertiary/aromatic N) is 1. The van der Waals surface area contributed by atoms with Crippen molar-refractivity contribution in [1.29, 1.82) is 5.26 Å². The van der Waals surface area contributed by atoms with Crippen LogP contribution >= 0.6 is 0 Å². The van der Waals surface area contributed by atoms with Crippen LogP contribution in [-0.4, -0.2) is 126 Å². The Morgan fingerprint density at radius 1 is 0.432 bits per heavy atom. The maximum Gasteiger partial charge on any atom is 0.347 e. The predicted molar refractivity (Wildman–Crippen MR) is 335 cm³/mol. The number of carbonyl (C=O) groups is 6. The van der Waals surface area contributed by atoms with Gasteiger partial charge in [0.05, 0.1) is 98.5 Å². The van der Waals surface area contributed by atoms with E-state index in [1.807, 2.05) is 0 Å². The molecule has 21 heteroatoms. The minimum absolute atomic E-state index is 0.00302. The first-order chi connectivity index (χ1) is 45.9. The lowest BCUT2D eigenvalue weighted by molar-refractivity contribution is -0.203. The third-order valence-corrected chi connectivity index (χ3v) is 24.7. The van der Waals surface area contributed by atoms with Crippen LogP contribution in [0.5, 0.6) is 0 Å². The summed E-state index contributed by atoms with van der Waals surface area (Å²) in [5.41, 5.74) is -0.111. The Bertz CT molecular complexity index is 2980. The molecule has 514 valence electrons. The van der Waals surface area contributed by atoms with Gasteiger partial charge < -0.3 is 66.3 Å². The first-order valence-corrected chi connectivity index (χ1v) is 34.6. The molecule has 22 aliphatic rings. The zero-order valence-electron chi connectivity index (χ0n) is 54.4. The van der Waals surface area contributed by atoms with E-state index in [-0.39, 0.29) is 149 Å². The number of cyclic esters (lactones) is 1. The van der Waals surface area contributed by atoms with Gasteiger partial charge in [-0.1, -0.05) is 52.6 Å². The summed E-state index contributed by atoms with van der Waals surface area (Å²) in [6.45, 7) is 29.1. The van der Waals surface area contributed by atoms with Crippen LogP contribution in [-0.2, 0) is 95.1 Å². The minimum atomic E-state index is -0.400. The Kier molecular flexibility index (Phi) is 18.6. The number of carbonyl (C=O) groups excluding carboxylic acids is 6. The van der Waals surface area contributed by atoms with Gasteiger partial charge in [-0.15, -0.1) is 0 Å². The average molecular weight is 1320 g/mol. The van der Waals surface area contributed by atoms with Gasteiger partial charge in [0, 0.05) is 61.2 Å². The molecule has 0 spiro atoms. The van der Waals surface area contributed by atoms with Gasteiger partial charge in [-0.3, -0.25) is 24.0 Å². The fourth-order valence-electron chi connectivity index (χ4n) is 22.3. The standard InChI is InChI=1S/C14H20O2.C12H16O3.C12H16O2.C11H11NO3.C10H12O3.C9H10O4.C6H8O3/c1-3-15-13-6-11-5-12(7-13)9-14(8-11,10-13)16-4-2;1-2-14-12-5-8-3-9(6-12)11(13)15-10(4-8)7-12;1-2-14-12-5-8-3-9(6-12)11(13)10(4-8)7-12;1-2-14-9-5-3-6-8(7(5)4-12)11(13)15-10(6)9;1-2-12-8-5-3-6-7(4-5)10(11)13-9(6)8;1-2-11-7-5-3-4-6(12-5)8(7)13-9(4)10;1-2-8-5-3-4-9-6(5)7/h3-4,11-12H,1-2,5-10H2;2,8-10H,1,3-7H2;2,8-10H,1,3-7H2;2,5-10H,1,3H2;2,5-9H,1,3-4H2;2,4-8H,1,3H2;2,5H,1,3-4H2. The SMILES string of the molecule is C=COC12CC3CC(C1)C(=O)C(C3)C2.C=COC12CC3CC(C1)CC(OC=C)(C3)C2.C=COC12CC3CC(C1)OC(=O)C(C3)C2.C=COC1C2CC3C(=O)OC1C3C2.C=COC1C2CC3C(=O)OC1C3O2.C=COC1C2CC3C1OC(=O)C3C2C#N.C=COC1CCOC1=O. The first kappa shape index (κ1) is 66.4. The maximum atomic E-state index is 11.8. The van der Waals surface area contributed by atoms with Crippen LogP contribution in [0, 0.1) is 100 Å². The fourth-order valence-corrected chi connectivity index (χ4v) is 22.3. The van der Waals surface area contributed by atoms with Crippen LogP contribution in [0.15, 0.2) is 103 Å². The summed E-state index contributed by atoms with van der Waals surface area (Å²) >= 11 is 0. The molecule has 8 heterocycles. The topological polar surface area (TPSA) is 255 Å². The normalized spacial score (nSPS) is 47.1. The van der Waals surface area contributed by atoms with Crippen LogP contribution < -0.4 is 0 Å². The number of esters is 5. The van der Waals surface area contributed by atoms with Gasteiger partial charge in [0.2, 0.25) is 0 Å². The minimum Gasteiger partial charge on any atom is -0.495 e. The van der Waals surface area contributed by atoms with Gasteiger partial charge in [0.15, 0.2) is 18.3 Å². The van der Waals surface area contributed by atoms with E-state index in [0.717, 1.165) is 114 Å². The van der Waals surface area contributed by atoms with Crippen LogP contribution in [0.2, 0.25) is 0 Å². The summed E-state index contributed by atoms with van der Waals surface area (Å²) in [6.07, 6.45) is 32.5. The highest BCUT2D eigenvalue weighted by molar-refractivity contribution is 5.86. The van der Waals surface area contributed by atoms with Crippen molar-refractivity contribution in [2.45, 2.75) is 218 Å². The number of rotatable bonds is 16. The zero-order chi connectivity index (χ0) is 66.7. The van der Waals surface area contributed by atoms with Crippen molar-refractivity contribution in [2.75, 3.05) is 6.61 Å². The highest BCUT2D eigenvalue weighted by Crippen LogP contribution is 2.62. The van der Waals surface area contributed by atoms with E-state index in [0.29, 0.717) is 48.4 Å². The Morgan fingerprint density at radius 3 is 1.58 bits per heavy atom. The monoisotopic (exact) mass is 1320 g/mol. The predicted octanol–water partition coefficient (Wildman–Crippen LogP) is 10.3. The van der Waals surface area contributed by atoms with Crippen LogP contribution in [0.1, 0.15) is 135 Å². The second-order valence-electron chi connectivity index (χ2n) is 30.3. The molecule has 22 fully saturated rings. The van der Waals surface area contributed by atoms with Crippen molar-refractivity contribution in [3.05, 3.63) is 103 Å². The van der Waals surface area contributed by atoms with Gasteiger partial charge in [0.1, 0.15) is 64.8 Å². The lowest BCUT2D eigenvalue weighted by Gasteiger charge is -2.60. The van der Waals surface area contributed by atoms with E-state index < -0.39 is 6.10 Å². The molecular formula is C74H93NO20. The Balaban J connectivity index is 0.000000101. The maximum absolute atomic E-state index is 11.8. The number of hydrogen-bond acceptors (Lipinski definition) is 21. The largest absolute Gasteiger partial charge is 0.495 e. The summed E-state index contributed by atoms with van der Waals surface area (Å²) in [6, 6.07) is 2.23. The lowest BCUT2D eigenvalue weighted by atomic mass is 9.52. The third-order valence-electron chi connectivity index (χ3n) is 24.7. The molecule has 23 atom stereocenters. The van der Waals surface area contributed by atoms with Crippen molar-refractivity contribution >= 4 is 35.6 Å². The molecule has 0 N–H and O–H groups in total. The van der Waals surface area contributed by atoms with E-state index >= 15 is 0 Å². The number of Topliss-reactive ketones (excluding diaryl/α,β-unsaturated/α-hetero) is 1. The number of nitriles is 1. The summed E-state index contributed by atoms with van der Waals surface area (Å²) in [4.78, 5) is 68.3.